The molecule has 1 heterocycles. The lowest BCUT2D eigenvalue weighted by molar-refractivity contribution is 0.0950. The van der Waals surface area contributed by atoms with E-state index in [-0.39, 0.29) is 5.91 Å². The summed E-state index contributed by atoms with van der Waals surface area (Å²) in [6.45, 7) is 0.375. The molecule has 0 spiro atoms. The number of hydrogen-bond donors (Lipinski definition) is 1. The molecule has 2 rings (SSSR count). The van der Waals surface area contributed by atoms with Crippen molar-refractivity contribution in [1.29, 1.82) is 0 Å². The van der Waals surface area contributed by atoms with Gasteiger partial charge >= 0.3 is 0 Å². The fraction of sp³-hybridized carbons (Fsp3) is 0.0769. The second-order valence-corrected chi connectivity index (χ2v) is 4.45. The van der Waals surface area contributed by atoms with Crippen molar-refractivity contribution in [3.63, 3.8) is 0 Å². The van der Waals surface area contributed by atoms with E-state index in [1.165, 1.54) is 6.07 Å². The van der Waals surface area contributed by atoms with Crippen LogP contribution in [0.1, 0.15) is 16.1 Å². The van der Waals surface area contributed by atoms with Gasteiger partial charge in [0.15, 0.2) is 0 Å². The third-order valence-corrected chi connectivity index (χ3v) is 3.08. The Morgan fingerprint density at radius 3 is 2.67 bits per heavy atom. The van der Waals surface area contributed by atoms with Gasteiger partial charge in [0, 0.05) is 11.8 Å². The first-order chi connectivity index (χ1) is 8.66. The minimum atomic E-state index is -0.209. The van der Waals surface area contributed by atoms with Gasteiger partial charge in [-0.15, -0.1) is 0 Å². The molecule has 0 unspecified atom stereocenters. The lowest BCUT2D eigenvalue weighted by Gasteiger charge is -2.05. The summed E-state index contributed by atoms with van der Waals surface area (Å²) in [4.78, 5) is 16.0. The molecule has 3 nitrogen and oxygen atoms in total. The molecule has 2 aromatic rings. The molecule has 1 amide bonds. The highest BCUT2D eigenvalue weighted by molar-refractivity contribution is 6.42. The van der Waals surface area contributed by atoms with Crippen LogP contribution in [0, 0.1) is 0 Å². The highest BCUT2D eigenvalue weighted by Crippen LogP contribution is 2.22. The van der Waals surface area contributed by atoms with E-state index in [1.807, 2.05) is 18.2 Å². The standard InChI is InChI=1S/C13H10Cl2N2O/c14-11-5-4-9(7-12(11)15)13(18)17-8-10-3-1-2-6-16-10/h1-7H,8H2,(H,17,18). The molecule has 0 aliphatic heterocycles. The van der Waals surface area contributed by atoms with Crippen LogP contribution in [0.25, 0.3) is 0 Å². The van der Waals surface area contributed by atoms with E-state index in [1.54, 1.807) is 18.3 Å². The number of amides is 1. The molecule has 5 heteroatoms. The number of pyridine rings is 1. The smallest absolute Gasteiger partial charge is 0.251 e. The molecule has 0 saturated carbocycles. The number of hydrogen-bond acceptors (Lipinski definition) is 2. The second-order valence-electron chi connectivity index (χ2n) is 3.63. The van der Waals surface area contributed by atoms with E-state index >= 15 is 0 Å². The maximum atomic E-state index is 11.8. The third kappa shape index (κ3) is 3.22. The number of carbonyl (C=O) groups excluding carboxylic acids is 1. The molecule has 0 aliphatic rings. The fourth-order valence-electron chi connectivity index (χ4n) is 1.41. The van der Waals surface area contributed by atoms with Crippen LogP contribution in [0.15, 0.2) is 42.6 Å². The molecular formula is C13H10Cl2N2O. The molecule has 0 radical (unpaired) electrons. The molecule has 1 aromatic heterocycles. The summed E-state index contributed by atoms with van der Waals surface area (Å²) in [6, 6.07) is 10.3. The average Bonchev–Trinajstić information content (AvgIpc) is 2.40. The van der Waals surface area contributed by atoms with Gasteiger partial charge in [-0.2, -0.15) is 0 Å². The largest absolute Gasteiger partial charge is 0.346 e. The summed E-state index contributed by atoms with van der Waals surface area (Å²) in [5.41, 5.74) is 1.27. The number of aromatic nitrogens is 1. The van der Waals surface area contributed by atoms with Crippen molar-refractivity contribution >= 4 is 29.1 Å². The van der Waals surface area contributed by atoms with Crippen LogP contribution < -0.4 is 5.32 Å². The van der Waals surface area contributed by atoms with Crippen molar-refractivity contribution < 1.29 is 4.79 Å². The predicted octanol–water partition coefficient (Wildman–Crippen LogP) is 3.32. The molecule has 0 atom stereocenters. The van der Waals surface area contributed by atoms with Gasteiger partial charge in [-0.1, -0.05) is 29.3 Å². The van der Waals surface area contributed by atoms with E-state index in [0.717, 1.165) is 5.69 Å². The number of nitrogens with one attached hydrogen (secondary N) is 1. The molecule has 1 aromatic carbocycles. The summed E-state index contributed by atoms with van der Waals surface area (Å²) < 4.78 is 0. The van der Waals surface area contributed by atoms with Crippen molar-refractivity contribution in [3.8, 4) is 0 Å². The first-order valence-corrected chi connectivity index (χ1v) is 6.05. The van der Waals surface area contributed by atoms with Crippen molar-refractivity contribution in [1.82, 2.24) is 10.3 Å². The van der Waals surface area contributed by atoms with Crippen LogP contribution in [0.2, 0.25) is 10.0 Å². The molecule has 0 aliphatic carbocycles. The van der Waals surface area contributed by atoms with Gasteiger partial charge in [-0.05, 0) is 30.3 Å². The first kappa shape index (κ1) is 12.9. The Kier molecular flexibility index (Phi) is 4.18. The Bertz CT molecular complexity index is 558. The summed E-state index contributed by atoms with van der Waals surface area (Å²) in [7, 11) is 0. The van der Waals surface area contributed by atoms with Gasteiger partial charge in [-0.3, -0.25) is 9.78 Å². The third-order valence-electron chi connectivity index (χ3n) is 2.34. The van der Waals surface area contributed by atoms with Crippen LogP contribution in [0.4, 0.5) is 0 Å². The molecular weight excluding hydrogens is 271 g/mol. The average molecular weight is 281 g/mol. The molecule has 1 N–H and O–H groups in total. The van der Waals surface area contributed by atoms with Crippen LogP contribution >= 0.6 is 23.2 Å². The highest BCUT2D eigenvalue weighted by Gasteiger charge is 2.07. The van der Waals surface area contributed by atoms with Gasteiger partial charge in [-0.25, -0.2) is 0 Å². The van der Waals surface area contributed by atoms with Gasteiger partial charge < -0.3 is 5.32 Å². The van der Waals surface area contributed by atoms with Crippen molar-refractivity contribution in [2.24, 2.45) is 0 Å². The first-order valence-electron chi connectivity index (χ1n) is 5.30. The van der Waals surface area contributed by atoms with E-state index < -0.39 is 0 Å². The second kappa shape index (κ2) is 5.85. The number of nitrogens with zero attached hydrogens (tertiary/aromatic N) is 1. The summed E-state index contributed by atoms with van der Waals surface area (Å²) >= 11 is 11.6. The minimum absolute atomic E-state index is 0.209. The number of halogens is 2. The van der Waals surface area contributed by atoms with Crippen LogP contribution in [-0.2, 0) is 6.54 Å². The Balaban J connectivity index is 2.02. The Morgan fingerprint density at radius 2 is 2.00 bits per heavy atom. The number of rotatable bonds is 3. The highest BCUT2D eigenvalue weighted by atomic mass is 35.5. The van der Waals surface area contributed by atoms with Crippen molar-refractivity contribution in [2.45, 2.75) is 6.54 Å². The lowest BCUT2D eigenvalue weighted by Crippen LogP contribution is -2.23. The maximum Gasteiger partial charge on any atom is 0.251 e. The summed E-state index contributed by atoms with van der Waals surface area (Å²) in [6.07, 6.45) is 1.68. The van der Waals surface area contributed by atoms with Crippen LogP contribution in [0.5, 0.6) is 0 Å². The lowest BCUT2D eigenvalue weighted by atomic mass is 10.2. The Hall–Kier alpha value is -1.58. The van der Waals surface area contributed by atoms with E-state index in [9.17, 15) is 4.79 Å². The van der Waals surface area contributed by atoms with Gasteiger partial charge in [0.2, 0.25) is 0 Å². The Labute approximate surface area is 115 Å². The van der Waals surface area contributed by atoms with Gasteiger partial charge in [0.05, 0.1) is 22.3 Å². The molecule has 18 heavy (non-hydrogen) atoms. The summed E-state index contributed by atoms with van der Waals surface area (Å²) in [5, 5.41) is 3.55. The number of carbonyl (C=O) groups is 1. The monoisotopic (exact) mass is 280 g/mol. The van der Waals surface area contributed by atoms with E-state index in [2.05, 4.69) is 10.3 Å². The van der Waals surface area contributed by atoms with Crippen molar-refractivity contribution in [2.75, 3.05) is 0 Å². The molecule has 0 fully saturated rings. The van der Waals surface area contributed by atoms with Gasteiger partial charge in [0.25, 0.3) is 5.91 Å². The molecule has 92 valence electrons. The van der Waals surface area contributed by atoms with Crippen molar-refractivity contribution in [3.05, 3.63) is 63.9 Å². The van der Waals surface area contributed by atoms with Crippen LogP contribution in [0.3, 0.4) is 0 Å². The van der Waals surface area contributed by atoms with Crippen LogP contribution in [-0.4, -0.2) is 10.9 Å². The van der Waals surface area contributed by atoms with E-state index in [0.29, 0.717) is 22.2 Å². The quantitative estimate of drug-likeness (QED) is 0.937. The zero-order valence-corrected chi connectivity index (χ0v) is 10.9. The summed E-state index contributed by atoms with van der Waals surface area (Å²) in [5.74, 6) is -0.209. The Morgan fingerprint density at radius 1 is 1.17 bits per heavy atom. The minimum Gasteiger partial charge on any atom is -0.346 e. The molecule has 0 saturated heterocycles. The maximum absolute atomic E-state index is 11.8. The molecule has 0 bridgehead atoms. The predicted molar refractivity (Wildman–Crippen MR) is 71.9 cm³/mol. The normalized spacial score (nSPS) is 10.1. The topological polar surface area (TPSA) is 42.0 Å². The SMILES string of the molecule is O=C(NCc1ccccn1)c1ccc(Cl)c(Cl)c1. The number of benzene rings is 1. The fourth-order valence-corrected chi connectivity index (χ4v) is 1.71. The van der Waals surface area contributed by atoms with E-state index in [4.69, 9.17) is 23.2 Å². The van der Waals surface area contributed by atoms with Gasteiger partial charge in [0.1, 0.15) is 0 Å². The zero-order chi connectivity index (χ0) is 13.0. The zero-order valence-electron chi connectivity index (χ0n) is 9.36.